The summed E-state index contributed by atoms with van der Waals surface area (Å²) in [6.45, 7) is 6.77. The number of hydrogen-bond donors (Lipinski definition) is 2. The molecule has 0 radical (unpaired) electrons. The SMILES string of the molecule is CCC(C)(C)CNC(=O)N1CSC[C@H]1C(=O)O. The van der Waals surface area contributed by atoms with Crippen LogP contribution in [-0.4, -0.2) is 46.2 Å². The van der Waals surface area contributed by atoms with Crippen molar-refractivity contribution < 1.29 is 14.7 Å². The summed E-state index contributed by atoms with van der Waals surface area (Å²) in [7, 11) is 0. The van der Waals surface area contributed by atoms with Gasteiger partial charge in [0.1, 0.15) is 6.04 Å². The number of carboxylic acids is 1. The molecule has 0 spiro atoms. The summed E-state index contributed by atoms with van der Waals surface area (Å²) in [5, 5.41) is 11.8. The van der Waals surface area contributed by atoms with Gasteiger partial charge in [0.15, 0.2) is 0 Å². The largest absolute Gasteiger partial charge is 0.480 e. The molecule has 0 bridgehead atoms. The lowest BCUT2D eigenvalue weighted by Gasteiger charge is -2.26. The molecule has 5 nitrogen and oxygen atoms in total. The number of urea groups is 1. The first-order chi connectivity index (χ1) is 7.87. The minimum atomic E-state index is -0.931. The van der Waals surface area contributed by atoms with E-state index in [2.05, 4.69) is 26.1 Å². The van der Waals surface area contributed by atoms with Crippen molar-refractivity contribution in [3.8, 4) is 0 Å². The van der Waals surface area contributed by atoms with Gasteiger partial charge in [-0.1, -0.05) is 20.8 Å². The lowest BCUT2D eigenvalue weighted by Crippen LogP contribution is -2.48. The molecule has 17 heavy (non-hydrogen) atoms. The van der Waals surface area contributed by atoms with E-state index in [1.54, 1.807) is 0 Å². The molecule has 0 aliphatic carbocycles. The van der Waals surface area contributed by atoms with Gasteiger partial charge in [0.05, 0.1) is 5.88 Å². The van der Waals surface area contributed by atoms with Crippen molar-refractivity contribution >= 4 is 23.8 Å². The zero-order chi connectivity index (χ0) is 13.1. The second-order valence-corrected chi connectivity index (χ2v) is 6.00. The Morgan fingerprint density at radius 1 is 1.53 bits per heavy atom. The topological polar surface area (TPSA) is 69.6 Å². The molecule has 6 heteroatoms. The molecule has 98 valence electrons. The Morgan fingerprint density at radius 3 is 2.71 bits per heavy atom. The van der Waals surface area contributed by atoms with E-state index in [0.29, 0.717) is 18.2 Å². The first kappa shape index (κ1) is 14.2. The van der Waals surface area contributed by atoms with Crippen molar-refractivity contribution in [1.29, 1.82) is 0 Å². The lowest BCUT2D eigenvalue weighted by atomic mass is 9.90. The summed E-state index contributed by atoms with van der Waals surface area (Å²) >= 11 is 1.47. The molecule has 2 amide bonds. The quantitative estimate of drug-likeness (QED) is 0.805. The van der Waals surface area contributed by atoms with Crippen molar-refractivity contribution in [2.24, 2.45) is 5.41 Å². The van der Waals surface area contributed by atoms with Crippen LogP contribution in [0.25, 0.3) is 0 Å². The van der Waals surface area contributed by atoms with Crippen LogP contribution in [0.2, 0.25) is 0 Å². The Kier molecular flexibility index (Phi) is 4.68. The normalized spacial score (nSPS) is 20.4. The summed E-state index contributed by atoms with van der Waals surface area (Å²) in [6.07, 6.45) is 0.963. The highest BCUT2D eigenvalue weighted by molar-refractivity contribution is 7.99. The molecule has 0 saturated carbocycles. The molecule has 1 fully saturated rings. The molecule has 2 N–H and O–H groups in total. The zero-order valence-corrected chi connectivity index (χ0v) is 11.3. The van der Waals surface area contributed by atoms with E-state index >= 15 is 0 Å². The van der Waals surface area contributed by atoms with E-state index in [9.17, 15) is 9.59 Å². The monoisotopic (exact) mass is 260 g/mol. The van der Waals surface area contributed by atoms with Crippen LogP contribution in [0.3, 0.4) is 0 Å². The number of hydrogen-bond acceptors (Lipinski definition) is 3. The van der Waals surface area contributed by atoms with Gasteiger partial charge < -0.3 is 15.3 Å². The highest BCUT2D eigenvalue weighted by Crippen LogP contribution is 2.22. The highest BCUT2D eigenvalue weighted by Gasteiger charge is 2.34. The van der Waals surface area contributed by atoms with Gasteiger partial charge in [0.2, 0.25) is 0 Å². The third kappa shape index (κ3) is 3.80. The summed E-state index contributed by atoms with van der Waals surface area (Å²) in [6, 6.07) is -0.964. The van der Waals surface area contributed by atoms with Crippen molar-refractivity contribution in [2.75, 3.05) is 18.2 Å². The first-order valence-corrected chi connectivity index (χ1v) is 6.88. The Labute approximate surface area is 106 Å². The van der Waals surface area contributed by atoms with Crippen molar-refractivity contribution in [1.82, 2.24) is 10.2 Å². The molecule has 0 aromatic heterocycles. The summed E-state index contributed by atoms with van der Waals surface area (Å²) in [5.74, 6) is -0.00478. The molecule has 1 atom stereocenters. The van der Waals surface area contributed by atoms with Gasteiger partial charge in [0.25, 0.3) is 0 Å². The van der Waals surface area contributed by atoms with E-state index in [1.807, 2.05) is 0 Å². The molecule has 1 heterocycles. The number of carbonyl (C=O) groups excluding carboxylic acids is 1. The van der Waals surface area contributed by atoms with Gasteiger partial charge in [-0.3, -0.25) is 0 Å². The van der Waals surface area contributed by atoms with E-state index in [-0.39, 0.29) is 11.4 Å². The molecule has 1 aliphatic heterocycles. The summed E-state index contributed by atoms with van der Waals surface area (Å²) in [4.78, 5) is 24.2. The minimum absolute atomic E-state index is 0.0429. The fourth-order valence-corrected chi connectivity index (χ4v) is 2.53. The lowest BCUT2D eigenvalue weighted by molar-refractivity contribution is -0.140. The number of amides is 2. The van der Waals surface area contributed by atoms with Crippen LogP contribution < -0.4 is 5.32 Å². The average molecular weight is 260 g/mol. The Hall–Kier alpha value is -0.910. The third-order valence-corrected chi connectivity index (χ3v) is 4.12. The van der Waals surface area contributed by atoms with E-state index in [1.165, 1.54) is 16.7 Å². The Morgan fingerprint density at radius 2 is 2.18 bits per heavy atom. The van der Waals surface area contributed by atoms with Gasteiger partial charge in [-0.15, -0.1) is 11.8 Å². The van der Waals surface area contributed by atoms with Crippen LogP contribution in [0.1, 0.15) is 27.2 Å². The average Bonchev–Trinajstić information content (AvgIpc) is 2.75. The smallest absolute Gasteiger partial charge is 0.327 e. The van der Waals surface area contributed by atoms with Crippen LogP contribution in [-0.2, 0) is 4.79 Å². The maximum atomic E-state index is 11.9. The highest BCUT2D eigenvalue weighted by atomic mass is 32.2. The minimum Gasteiger partial charge on any atom is -0.480 e. The van der Waals surface area contributed by atoms with Gasteiger partial charge in [-0.2, -0.15) is 0 Å². The number of nitrogens with one attached hydrogen (secondary N) is 1. The maximum Gasteiger partial charge on any atom is 0.327 e. The number of aliphatic carboxylic acids is 1. The standard InChI is InChI=1S/C11H20N2O3S/c1-4-11(2,3)6-12-10(16)13-7-17-5-8(13)9(14)15/h8H,4-7H2,1-3H3,(H,12,16)(H,14,15)/t8-/m0/s1. The zero-order valence-electron chi connectivity index (χ0n) is 10.5. The van der Waals surface area contributed by atoms with Crippen LogP contribution in [0.4, 0.5) is 4.79 Å². The van der Waals surface area contributed by atoms with Gasteiger partial charge in [-0.25, -0.2) is 9.59 Å². The van der Waals surface area contributed by atoms with Crippen LogP contribution >= 0.6 is 11.8 Å². The predicted octanol–water partition coefficient (Wildman–Crippen LogP) is 1.59. The van der Waals surface area contributed by atoms with Crippen molar-refractivity contribution in [3.63, 3.8) is 0 Å². The molecule has 1 aliphatic rings. The van der Waals surface area contributed by atoms with E-state index in [0.717, 1.165) is 6.42 Å². The van der Waals surface area contributed by atoms with Crippen LogP contribution in [0.15, 0.2) is 0 Å². The van der Waals surface area contributed by atoms with Crippen LogP contribution in [0, 0.1) is 5.41 Å². The van der Waals surface area contributed by atoms with Crippen molar-refractivity contribution in [2.45, 2.75) is 33.2 Å². The van der Waals surface area contributed by atoms with E-state index < -0.39 is 12.0 Å². The number of carbonyl (C=O) groups is 2. The van der Waals surface area contributed by atoms with Crippen molar-refractivity contribution in [3.05, 3.63) is 0 Å². The second-order valence-electron chi connectivity index (χ2n) is 5.00. The molecular weight excluding hydrogens is 240 g/mol. The second kappa shape index (κ2) is 5.62. The third-order valence-electron chi connectivity index (χ3n) is 3.10. The summed E-state index contributed by atoms with van der Waals surface area (Å²) in [5.41, 5.74) is 0.0429. The molecular formula is C11H20N2O3S. The number of carboxylic acid groups (broad SMARTS) is 1. The maximum absolute atomic E-state index is 11.9. The summed E-state index contributed by atoms with van der Waals surface area (Å²) < 4.78 is 0. The molecule has 1 saturated heterocycles. The molecule has 0 unspecified atom stereocenters. The fraction of sp³-hybridized carbons (Fsp3) is 0.818. The predicted molar refractivity (Wildman–Crippen MR) is 68.1 cm³/mol. The van der Waals surface area contributed by atoms with Gasteiger partial charge in [0, 0.05) is 12.3 Å². The van der Waals surface area contributed by atoms with Crippen LogP contribution in [0.5, 0.6) is 0 Å². The first-order valence-electron chi connectivity index (χ1n) is 5.72. The number of thioether (sulfide) groups is 1. The number of rotatable bonds is 4. The molecule has 1 rings (SSSR count). The molecule has 0 aromatic rings. The van der Waals surface area contributed by atoms with Gasteiger partial charge >= 0.3 is 12.0 Å². The number of nitrogens with zero attached hydrogens (tertiary/aromatic N) is 1. The molecule has 0 aromatic carbocycles. The Balaban J connectivity index is 2.50. The fourth-order valence-electron chi connectivity index (χ4n) is 1.39. The van der Waals surface area contributed by atoms with Gasteiger partial charge in [-0.05, 0) is 11.8 Å². The van der Waals surface area contributed by atoms with E-state index in [4.69, 9.17) is 5.11 Å². The Bertz CT molecular complexity index is 307.